The van der Waals surface area contributed by atoms with E-state index < -0.39 is 0 Å². The Hall–Kier alpha value is 1.07. The third kappa shape index (κ3) is 6.04. The first kappa shape index (κ1) is 26.7. The van der Waals surface area contributed by atoms with Gasteiger partial charge in [0.1, 0.15) is 0 Å². The lowest BCUT2D eigenvalue weighted by Crippen LogP contribution is -2.36. The molecule has 192 valence electrons. The summed E-state index contributed by atoms with van der Waals surface area (Å²) in [4.78, 5) is 0. The summed E-state index contributed by atoms with van der Waals surface area (Å²) in [5.74, 6) is 0.748. The molecule has 5 rings (SSSR count). The van der Waals surface area contributed by atoms with Gasteiger partial charge in [-0.3, -0.25) is 0 Å². The van der Waals surface area contributed by atoms with Gasteiger partial charge < -0.3 is 0 Å². The van der Waals surface area contributed by atoms with Crippen LogP contribution < -0.4 is 0 Å². The van der Waals surface area contributed by atoms with Crippen LogP contribution in [0.5, 0.6) is 0 Å². The molecular weight excluding hydrogens is 561 g/mol. The van der Waals surface area contributed by atoms with E-state index in [-0.39, 0.29) is 15.8 Å². The molecule has 0 bridgehead atoms. The fourth-order valence-corrected chi connectivity index (χ4v) is 20.4. The van der Waals surface area contributed by atoms with Crippen molar-refractivity contribution in [2.75, 3.05) is 0 Å². The lowest BCUT2D eigenvalue weighted by Gasteiger charge is -2.51. The van der Waals surface area contributed by atoms with Crippen LogP contribution in [0.15, 0.2) is 23.5 Å². The molecule has 0 radical (unpaired) electrons. The van der Waals surface area contributed by atoms with E-state index in [1.54, 1.807) is 51.4 Å². The van der Waals surface area contributed by atoms with Crippen LogP contribution in [0.4, 0.5) is 0 Å². The number of hydrogen-bond acceptors (Lipinski definition) is 0. The minimum Gasteiger partial charge on any atom is -0.0830 e. The minimum atomic E-state index is 0.0428. The Morgan fingerprint density at radius 1 is 0.618 bits per heavy atom. The molecule has 0 saturated heterocycles. The molecule has 0 aromatic rings. The van der Waals surface area contributed by atoms with Crippen LogP contribution >= 0.6 is 38.4 Å². The topological polar surface area (TPSA) is 0 Å². The second-order valence-corrected chi connectivity index (χ2v) is 21.5. The van der Waals surface area contributed by atoms with E-state index >= 15 is 0 Å². The van der Waals surface area contributed by atoms with E-state index in [9.17, 15) is 0 Å². The second-order valence-electron chi connectivity index (χ2n) is 12.5. The quantitative estimate of drug-likeness (QED) is 0.152. The molecule has 0 nitrogen and oxygen atoms in total. The molecule has 4 saturated carbocycles. The van der Waals surface area contributed by atoms with Crippen LogP contribution in [0, 0.1) is 5.92 Å². The number of allylic oxidation sites excluding steroid dienone is 4. The Kier molecular flexibility index (Phi) is 10.00. The molecule has 2 atom stereocenters. The Labute approximate surface area is 228 Å². The maximum absolute atomic E-state index is 3.08. The highest BCUT2D eigenvalue weighted by atomic mass is 127. The molecule has 5 aliphatic carbocycles. The van der Waals surface area contributed by atoms with Gasteiger partial charge in [0.15, 0.2) is 0 Å². The lowest BCUT2D eigenvalue weighted by molar-refractivity contribution is 0.476. The van der Waals surface area contributed by atoms with E-state index in [4.69, 9.17) is 0 Å². The normalized spacial score (nSPS) is 30.7. The molecule has 0 aromatic heterocycles. The highest BCUT2D eigenvalue weighted by Gasteiger charge is 2.49. The van der Waals surface area contributed by atoms with Crippen molar-refractivity contribution in [2.45, 2.75) is 161 Å². The number of alkyl halides is 1. The Bertz CT molecular complexity index is 652. The number of halogens is 1. The van der Waals surface area contributed by atoms with Gasteiger partial charge in [0, 0.05) is 9.08 Å². The van der Waals surface area contributed by atoms with Gasteiger partial charge >= 0.3 is 0 Å². The van der Waals surface area contributed by atoms with Gasteiger partial charge in [-0.15, -0.1) is 0 Å². The number of hydrogen-bond donors (Lipinski definition) is 0. The third-order valence-electron chi connectivity index (χ3n) is 10.1. The van der Waals surface area contributed by atoms with Gasteiger partial charge in [0.2, 0.25) is 0 Å². The summed E-state index contributed by atoms with van der Waals surface area (Å²) in [5, 5.41) is 1.99. The molecule has 0 spiro atoms. The zero-order valence-electron chi connectivity index (χ0n) is 22.0. The van der Waals surface area contributed by atoms with E-state index in [0.29, 0.717) is 3.16 Å². The fourth-order valence-electron chi connectivity index (χ4n) is 8.49. The molecule has 0 N–H and O–H groups in total. The maximum Gasteiger partial charge on any atom is 0.0499 e. The molecular formula is C31H51IP2. The molecule has 0 aliphatic heterocycles. The summed E-state index contributed by atoms with van der Waals surface area (Å²) >= 11 is 3.08. The first-order valence-corrected chi connectivity index (χ1v) is 19.3. The smallest absolute Gasteiger partial charge is 0.0499 e. The molecule has 0 amide bonds. The van der Waals surface area contributed by atoms with Gasteiger partial charge in [-0.25, -0.2) is 0 Å². The van der Waals surface area contributed by atoms with Crippen LogP contribution in [0.2, 0.25) is 0 Å². The van der Waals surface area contributed by atoms with Gasteiger partial charge in [-0.1, -0.05) is 134 Å². The Morgan fingerprint density at radius 3 is 1.41 bits per heavy atom. The summed E-state index contributed by atoms with van der Waals surface area (Å²) in [6.45, 7) is 2.77. The molecule has 2 unspecified atom stereocenters. The summed E-state index contributed by atoms with van der Waals surface area (Å²) in [7, 11) is 0.110. The average molecular weight is 613 g/mol. The summed E-state index contributed by atoms with van der Waals surface area (Å²) < 4.78 is 0.458. The standard InChI is InChI=1S/C31H51IP2/c1-31(32,34(27-19-10-4-11-20-27)28-21-12-5-13-22-28)29-23-14-24-30(29)33(25-15-6-2-7-16-25)26-17-8-3-9-18-26/h14,23-29H,2-13,15-22H2,1H3. The lowest BCUT2D eigenvalue weighted by atomic mass is 9.99. The summed E-state index contributed by atoms with van der Waals surface area (Å²) in [6, 6.07) is 0. The van der Waals surface area contributed by atoms with E-state index in [1.165, 1.54) is 77.0 Å². The number of rotatable bonds is 7. The van der Waals surface area contributed by atoms with Gasteiger partial charge in [0.05, 0.1) is 0 Å². The highest BCUT2D eigenvalue weighted by Crippen LogP contribution is 2.73. The van der Waals surface area contributed by atoms with Crippen molar-refractivity contribution in [3.63, 3.8) is 0 Å². The molecule has 3 heteroatoms. The van der Waals surface area contributed by atoms with Crippen LogP contribution in [-0.4, -0.2) is 25.8 Å². The van der Waals surface area contributed by atoms with Gasteiger partial charge in [0.25, 0.3) is 0 Å². The molecule has 4 fully saturated rings. The summed E-state index contributed by atoms with van der Waals surface area (Å²) in [5.41, 5.74) is 4.20. The van der Waals surface area contributed by atoms with E-state index in [1.807, 2.05) is 5.31 Å². The predicted molar refractivity (Wildman–Crippen MR) is 164 cm³/mol. The van der Waals surface area contributed by atoms with E-state index in [2.05, 4.69) is 47.7 Å². The van der Waals surface area contributed by atoms with Crippen LogP contribution in [-0.2, 0) is 0 Å². The van der Waals surface area contributed by atoms with E-state index in [0.717, 1.165) is 28.6 Å². The van der Waals surface area contributed by atoms with Crippen molar-refractivity contribution in [3.05, 3.63) is 23.5 Å². The highest BCUT2D eigenvalue weighted by molar-refractivity contribution is 14.1. The van der Waals surface area contributed by atoms with Crippen molar-refractivity contribution in [1.82, 2.24) is 0 Å². The first-order chi connectivity index (χ1) is 16.7. The van der Waals surface area contributed by atoms with Crippen molar-refractivity contribution in [3.8, 4) is 0 Å². The van der Waals surface area contributed by atoms with Crippen molar-refractivity contribution < 1.29 is 0 Å². The zero-order chi connectivity index (χ0) is 23.4. The van der Waals surface area contributed by atoms with Crippen LogP contribution in [0.25, 0.3) is 0 Å². The molecule has 5 aliphatic rings. The van der Waals surface area contributed by atoms with Crippen molar-refractivity contribution in [2.24, 2.45) is 5.92 Å². The Morgan fingerprint density at radius 2 is 1.00 bits per heavy atom. The Balaban J connectivity index is 1.44. The molecule has 0 heterocycles. The van der Waals surface area contributed by atoms with Crippen LogP contribution in [0.3, 0.4) is 0 Å². The van der Waals surface area contributed by atoms with Crippen molar-refractivity contribution in [1.29, 1.82) is 0 Å². The zero-order valence-corrected chi connectivity index (χ0v) is 26.0. The summed E-state index contributed by atoms with van der Waals surface area (Å²) in [6.07, 6.45) is 38.5. The molecule has 34 heavy (non-hydrogen) atoms. The third-order valence-corrected chi connectivity index (χ3v) is 20.0. The fraction of sp³-hybridized carbons (Fsp3) is 0.871. The SMILES string of the molecule is CC(I)(C1C=CC=C1P(C1CCCCC1)C1CCCCC1)P(C1CCCCC1)C1CCCCC1. The minimum absolute atomic E-state index is 0.0428. The van der Waals surface area contributed by atoms with Crippen molar-refractivity contribution >= 4 is 38.4 Å². The van der Waals surface area contributed by atoms with Gasteiger partial charge in [-0.05, 0) is 86.2 Å². The van der Waals surface area contributed by atoms with Crippen LogP contribution in [0.1, 0.15) is 135 Å². The molecule has 0 aromatic carbocycles. The average Bonchev–Trinajstić information content (AvgIpc) is 3.37. The predicted octanol–water partition coefficient (Wildman–Crippen LogP) is 11.5. The maximum atomic E-state index is 3.08. The second kappa shape index (κ2) is 12.7. The monoisotopic (exact) mass is 612 g/mol. The largest absolute Gasteiger partial charge is 0.0830 e. The van der Waals surface area contributed by atoms with Gasteiger partial charge in [-0.2, -0.15) is 0 Å². The first-order valence-electron chi connectivity index (χ1n) is 15.3.